The highest BCUT2D eigenvalue weighted by atomic mass is 16.4. The molecule has 3 N–H and O–H groups in total. The van der Waals surface area contributed by atoms with Gasteiger partial charge in [0.25, 0.3) is 0 Å². The van der Waals surface area contributed by atoms with Gasteiger partial charge in [-0.2, -0.15) is 0 Å². The van der Waals surface area contributed by atoms with Crippen molar-refractivity contribution in [3.8, 4) is 0 Å². The second-order valence-corrected chi connectivity index (χ2v) is 11.3. The summed E-state index contributed by atoms with van der Waals surface area (Å²) in [5, 5.41) is 30.8. The molecule has 0 aromatic heterocycles. The molecule has 4 rings (SSSR count). The molecule has 0 radical (unpaired) electrons. The van der Waals surface area contributed by atoms with E-state index in [-0.39, 0.29) is 29.5 Å². The summed E-state index contributed by atoms with van der Waals surface area (Å²) in [6.45, 7) is 6.99. The number of hydrogen-bond donors (Lipinski definition) is 3. The highest BCUT2D eigenvalue weighted by Gasteiger charge is 2.63. The number of hydrogen-bond acceptors (Lipinski definition) is 3. The molecule has 4 aliphatic rings. The minimum atomic E-state index is -0.707. The third kappa shape index (κ3) is 3.05. The van der Waals surface area contributed by atoms with Crippen molar-refractivity contribution in [2.45, 2.75) is 97.2 Å². The lowest BCUT2D eigenvalue weighted by Gasteiger charge is -2.62. The molecule has 10 atom stereocenters. The van der Waals surface area contributed by atoms with E-state index in [4.69, 9.17) is 5.11 Å². The maximum absolute atomic E-state index is 11.5. The summed E-state index contributed by atoms with van der Waals surface area (Å²) < 4.78 is 0. The standard InChI is InChI=1S/C24H40O4/c1-14(4-9-22(27)28)18-7-8-19-17-6-5-15-12-16(25)10-11-23(15,2)20(17)13-21(26)24(18,19)3/h14-21,25-26H,4-13H2,1-3H3,(H,27,28)/t14?,15-,16?,17?,18?,19?,20?,21?,23+,24+/m0/s1. The monoisotopic (exact) mass is 392 g/mol. The lowest BCUT2D eigenvalue weighted by Crippen LogP contribution is -2.58. The van der Waals surface area contributed by atoms with E-state index in [1.54, 1.807) is 0 Å². The van der Waals surface area contributed by atoms with Crippen molar-refractivity contribution >= 4 is 5.97 Å². The molecule has 0 aliphatic heterocycles. The lowest BCUT2D eigenvalue weighted by atomic mass is 9.43. The number of carboxylic acids is 1. The average molecular weight is 393 g/mol. The first-order valence-electron chi connectivity index (χ1n) is 11.8. The minimum absolute atomic E-state index is 0.0591. The molecule has 4 aliphatic carbocycles. The maximum Gasteiger partial charge on any atom is 0.303 e. The maximum atomic E-state index is 11.5. The molecule has 0 spiro atoms. The molecule has 0 aromatic carbocycles. The van der Waals surface area contributed by atoms with Crippen LogP contribution in [0, 0.1) is 46.3 Å². The van der Waals surface area contributed by atoms with Gasteiger partial charge in [0, 0.05) is 6.42 Å². The Hall–Kier alpha value is -0.610. The average Bonchev–Trinajstić information content (AvgIpc) is 3.00. The van der Waals surface area contributed by atoms with Crippen molar-refractivity contribution in [3.05, 3.63) is 0 Å². The molecule has 4 heteroatoms. The van der Waals surface area contributed by atoms with E-state index in [1.165, 1.54) is 19.3 Å². The van der Waals surface area contributed by atoms with E-state index in [1.807, 2.05) is 0 Å². The van der Waals surface area contributed by atoms with Crippen LogP contribution in [-0.4, -0.2) is 33.5 Å². The number of fused-ring (bicyclic) bond motifs is 5. The summed E-state index contributed by atoms with van der Waals surface area (Å²) in [6, 6.07) is 0. The zero-order valence-corrected chi connectivity index (χ0v) is 17.9. The molecular formula is C24H40O4. The van der Waals surface area contributed by atoms with Gasteiger partial charge < -0.3 is 15.3 Å². The topological polar surface area (TPSA) is 77.8 Å². The Balaban J connectivity index is 1.56. The fourth-order valence-electron chi connectivity index (χ4n) is 8.71. The van der Waals surface area contributed by atoms with Crippen molar-refractivity contribution in [2.24, 2.45) is 46.3 Å². The van der Waals surface area contributed by atoms with Crippen molar-refractivity contribution in [1.82, 2.24) is 0 Å². The fourth-order valence-corrected chi connectivity index (χ4v) is 8.71. The van der Waals surface area contributed by atoms with E-state index < -0.39 is 5.97 Å². The van der Waals surface area contributed by atoms with E-state index in [0.717, 1.165) is 38.5 Å². The molecule has 0 heterocycles. The first-order chi connectivity index (χ1) is 13.2. The number of rotatable bonds is 4. The Morgan fingerprint density at radius 2 is 1.79 bits per heavy atom. The van der Waals surface area contributed by atoms with Crippen LogP contribution in [0.25, 0.3) is 0 Å². The van der Waals surface area contributed by atoms with Gasteiger partial charge in [0.2, 0.25) is 0 Å². The van der Waals surface area contributed by atoms with E-state index in [0.29, 0.717) is 35.5 Å². The normalized spacial score (nSPS) is 51.7. The van der Waals surface area contributed by atoms with Crippen LogP contribution in [0.15, 0.2) is 0 Å². The second kappa shape index (κ2) is 7.27. The molecule has 0 aromatic rings. The van der Waals surface area contributed by atoms with Crippen LogP contribution in [0.3, 0.4) is 0 Å². The zero-order chi connectivity index (χ0) is 20.3. The van der Waals surface area contributed by atoms with E-state index in [9.17, 15) is 15.0 Å². The first-order valence-corrected chi connectivity index (χ1v) is 11.8. The van der Waals surface area contributed by atoms with Crippen LogP contribution in [0.2, 0.25) is 0 Å². The van der Waals surface area contributed by atoms with Crippen LogP contribution in [0.1, 0.15) is 85.0 Å². The predicted molar refractivity (Wildman–Crippen MR) is 109 cm³/mol. The van der Waals surface area contributed by atoms with Gasteiger partial charge in [-0.15, -0.1) is 0 Å². The summed E-state index contributed by atoms with van der Waals surface area (Å²) in [5.74, 6) is 2.55. The first kappa shape index (κ1) is 20.7. The molecule has 7 unspecified atom stereocenters. The minimum Gasteiger partial charge on any atom is -0.481 e. The molecule has 28 heavy (non-hydrogen) atoms. The summed E-state index contributed by atoms with van der Waals surface area (Å²) >= 11 is 0. The predicted octanol–water partition coefficient (Wildman–Crippen LogP) is 4.48. The van der Waals surface area contributed by atoms with Gasteiger partial charge in [0.15, 0.2) is 0 Å². The Labute approximate surface area is 170 Å². The van der Waals surface area contributed by atoms with Crippen LogP contribution >= 0.6 is 0 Å². The summed E-state index contributed by atoms with van der Waals surface area (Å²) in [7, 11) is 0. The highest BCUT2D eigenvalue weighted by molar-refractivity contribution is 5.66. The molecule has 0 amide bonds. The van der Waals surface area contributed by atoms with Crippen LogP contribution in [0.5, 0.6) is 0 Å². The van der Waals surface area contributed by atoms with Gasteiger partial charge in [-0.1, -0.05) is 20.8 Å². The fraction of sp³-hybridized carbons (Fsp3) is 0.958. The van der Waals surface area contributed by atoms with Gasteiger partial charge in [-0.25, -0.2) is 0 Å². The summed E-state index contributed by atoms with van der Waals surface area (Å²) in [4.78, 5) is 11.1. The largest absolute Gasteiger partial charge is 0.481 e. The number of carbonyl (C=O) groups is 1. The molecular weight excluding hydrogens is 352 g/mol. The highest BCUT2D eigenvalue weighted by Crippen LogP contribution is 2.68. The van der Waals surface area contributed by atoms with Gasteiger partial charge in [0.05, 0.1) is 12.2 Å². The third-order valence-electron chi connectivity index (χ3n) is 10.3. The second-order valence-electron chi connectivity index (χ2n) is 11.3. The molecule has 4 nitrogen and oxygen atoms in total. The number of aliphatic hydroxyl groups excluding tert-OH is 2. The molecule has 160 valence electrons. The Morgan fingerprint density at radius 1 is 1.04 bits per heavy atom. The molecule has 4 fully saturated rings. The Kier molecular flexibility index (Phi) is 5.36. The van der Waals surface area contributed by atoms with Crippen LogP contribution < -0.4 is 0 Å². The van der Waals surface area contributed by atoms with Crippen molar-refractivity contribution in [1.29, 1.82) is 0 Å². The van der Waals surface area contributed by atoms with Crippen molar-refractivity contribution < 1.29 is 20.1 Å². The van der Waals surface area contributed by atoms with Gasteiger partial charge >= 0.3 is 5.97 Å². The van der Waals surface area contributed by atoms with Gasteiger partial charge in [-0.05, 0) is 104 Å². The lowest BCUT2D eigenvalue weighted by molar-refractivity contribution is -0.175. The van der Waals surface area contributed by atoms with Crippen molar-refractivity contribution in [2.75, 3.05) is 0 Å². The Bertz CT molecular complexity index is 605. The smallest absolute Gasteiger partial charge is 0.303 e. The van der Waals surface area contributed by atoms with Crippen molar-refractivity contribution in [3.63, 3.8) is 0 Å². The third-order valence-corrected chi connectivity index (χ3v) is 10.3. The molecule has 0 saturated heterocycles. The van der Waals surface area contributed by atoms with Crippen LogP contribution in [0.4, 0.5) is 0 Å². The number of aliphatic hydroxyl groups is 2. The van der Waals surface area contributed by atoms with E-state index >= 15 is 0 Å². The van der Waals surface area contributed by atoms with Crippen LogP contribution in [-0.2, 0) is 4.79 Å². The Morgan fingerprint density at radius 3 is 2.50 bits per heavy atom. The molecule has 0 bridgehead atoms. The van der Waals surface area contributed by atoms with E-state index in [2.05, 4.69) is 20.8 Å². The SMILES string of the molecule is CC(CCC(=O)O)C1CCC2C3CC[C@H]4CC(O)CC[C@@]4(C)C3CC(O)[C@]12C. The number of aliphatic carboxylic acids is 1. The zero-order valence-electron chi connectivity index (χ0n) is 17.9. The van der Waals surface area contributed by atoms with Gasteiger partial charge in [-0.3, -0.25) is 4.79 Å². The van der Waals surface area contributed by atoms with Gasteiger partial charge in [0.1, 0.15) is 0 Å². The quantitative estimate of drug-likeness (QED) is 0.659. The summed E-state index contributed by atoms with van der Waals surface area (Å²) in [6.07, 6.45) is 9.26. The molecule has 4 saturated carbocycles. The summed E-state index contributed by atoms with van der Waals surface area (Å²) in [5.41, 5.74) is 0.216. The number of carboxylic acid groups (broad SMARTS) is 1.